The van der Waals surface area contributed by atoms with Crippen LogP contribution in [0.4, 0.5) is 11.5 Å². The quantitative estimate of drug-likeness (QED) is 0.660. The Balaban J connectivity index is 2.06. The third-order valence-corrected chi connectivity index (χ3v) is 3.15. The van der Waals surface area contributed by atoms with Crippen LogP contribution >= 0.6 is 0 Å². The molecule has 0 unspecified atom stereocenters. The predicted octanol–water partition coefficient (Wildman–Crippen LogP) is 1.88. The first-order valence-electron chi connectivity index (χ1n) is 6.50. The van der Waals surface area contributed by atoms with Crippen LogP contribution in [-0.2, 0) is 0 Å². The van der Waals surface area contributed by atoms with E-state index >= 15 is 0 Å². The fraction of sp³-hybridized carbons (Fsp3) is 0.417. The molecule has 1 saturated carbocycles. The van der Waals surface area contributed by atoms with E-state index in [9.17, 15) is 10.1 Å². The summed E-state index contributed by atoms with van der Waals surface area (Å²) in [4.78, 5) is 18.7. The third-order valence-electron chi connectivity index (χ3n) is 3.15. The molecule has 1 aliphatic rings. The number of nitro groups is 1. The van der Waals surface area contributed by atoms with Crippen molar-refractivity contribution in [2.75, 3.05) is 11.9 Å². The van der Waals surface area contributed by atoms with E-state index in [4.69, 9.17) is 0 Å². The fourth-order valence-corrected chi connectivity index (χ4v) is 2.05. The summed E-state index contributed by atoms with van der Waals surface area (Å²) < 4.78 is 1.45. The number of anilines is 1. The molecule has 0 radical (unpaired) electrons. The minimum atomic E-state index is -0.480. The molecular weight excluding hydrogens is 260 g/mol. The molecule has 1 N–H and O–H groups in total. The molecule has 0 atom stereocenters. The van der Waals surface area contributed by atoms with Gasteiger partial charge in [0, 0.05) is 18.7 Å². The number of nitrogens with zero attached hydrogens (tertiary/aromatic N) is 5. The van der Waals surface area contributed by atoms with Crippen LogP contribution in [0, 0.1) is 10.1 Å². The molecule has 0 spiro atoms. The lowest BCUT2D eigenvalue weighted by atomic mass is 10.3. The van der Waals surface area contributed by atoms with E-state index in [1.807, 2.05) is 13.0 Å². The van der Waals surface area contributed by atoms with Crippen LogP contribution in [0.3, 0.4) is 0 Å². The minimum Gasteiger partial charge on any atom is -0.364 e. The maximum atomic E-state index is 11.3. The third kappa shape index (κ3) is 2.20. The molecule has 8 nitrogen and oxygen atoms in total. The van der Waals surface area contributed by atoms with Gasteiger partial charge in [0.25, 0.3) is 0 Å². The zero-order chi connectivity index (χ0) is 14.1. The van der Waals surface area contributed by atoms with Gasteiger partial charge < -0.3 is 5.32 Å². The van der Waals surface area contributed by atoms with E-state index in [-0.39, 0.29) is 17.3 Å². The summed E-state index contributed by atoms with van der Waals surface area (Å²) >= 11 is 0. The highest BCUT2D eigenvalue weighted by Gasteiger charge is 2.28. The van der Waals surface area contributed by atoms with Gasteiger partial charge in [-0.25, -0.2) is 14.6 Å². The van der Waals surface area contributed by atoms with Crippen molar-refractivity contribution >= 4 is 11.5 Å². The summed E-state index contributed by atoms with van der Waals surface area (Å²) in [6, 6.07) is 1.89. The van der Waals surface area contributed by atoms with E-state index in [0.717, 1.165) is 18.5 Å². The van der Waals surface area contributed by atoms with Crippen LogP contribution in [-0.4, -0.2) is 31.2 Å². The number of nitrogens with one attached hydrogen (secondary N) is 1. The monoisotopic (exact) mass is 274 g/mol. The van der Waals surface area contributed by atoms with Crippen molar-refractivity contribution in [2.45, 2.75) is 25.7 Å². The van der Waals surface area contributed by atoms with Crippen LogP contribution in [0.15, 0.2) is 18.6 Å². The molecule has 1 aliphatic carbocycles. The molecule has 8 heteroatoms. The Hall–Kier alpha value is -2.51. The van der Waals surface area contributed by atoms with E-state index in [2.05, 4.69) is 20.4 Å². The first kappa shape index (κ1) is 12.5. The summed E-state index contributed by atoms with van der Waals surface area (Å²) in [5.74, 6) is 0.893. The Kier molecular flexibility index (Phi) is 3.05. The number of rotatable bonds is 5. The van der Waals surface area contributed by atoms with Crippen LogP contribution in [0.1, 0.15) is 31.4 Å². The SMILES string of the molecule is CCNc1ncnc(-n2ccc(C3CC3)n2)c1[N+](=O)[O-]. The van der Waals surface area contributed by atoms with E-state index < -0.39 is 4.92 Å². The molecule has 0 bridgehead atoms. The van der Waals surface area contributed by atoms with E-state index in [1.54, 1.807) is 6.20 Å². The van der Waals surface area contributed by atoms with Gasteiger partial charge in [0.15, 0.2) is 0 Å². The number of hydrogen-bond donors (Lipinski definition) is 1. The van der Waals surface area contributed by atoms with Gasteiger partial charge >= 0.3 is 5.69 Å². The van der Waals surface area contributed by atoms with Crippen molar-refractivity contribution in [2.24, 2.45) is 0 Å². The summed E-state index contributed by atoms with van der Waals surface area (Å²) in [5, 5.41) is 18.5. The van der Waals surface area contributed by atoms with Crippen molar-refractivity contribution in [3.8, 4) is 5.82 Å². The highest BCUT2D eigenvalue weighted by atomic mass is 16.6. The standard InChI is InChI=1S/C12H14N6O2/c1-2-13-11-10(18(19)20)12(15-7-14-11)17-6-5-9(16-17)8-3-4-8/h5-8H,2-4H2,1H3,(H,13,14,15). The number of aromatic nitrogens is 4. The number of hydrogen-bond acceptors (Lipinski definition) is 6. The fourth-order valence-electron chi connectivity index (χ4n) is 2.05. The van der Waals surface area contributed by atoms with Crippen molar-refractivity contribution in [3.63, 3.8) is 0 Å². The second kappa shape index (κ2) is 4.87. The van der Waals surface area contributed by atoms with Gasteiger partial charge in [0.05, 0.1) is 10.6 Å². The highest BCUT2D eigenvalue weighted by molar-refractivity contribution is 5.63. The summed E-state index contributed by atoms with van der Waals surface area (Å²) in [6.45, 7) is 2.40. The first-order chi connectivity index (χ1) is 9.70. The Morgan fingerprint density at radius 2 is 2.30 bits per heavy atom. The van der Waals surface area contributed by atoms with Gasteiger partial charge in [0.2, 0.25) is 11.6 Å². The molecule has 2 aromatic rings. The summed E-state index contributed by atoms with van der Waals surface area (Å²) in [6.07, 6.45) is 5.27. The van der Waals surface area contributed by atoms with Gasteiger partial charge in [-0.05, 0) is 25.8 Å². The predicted molar refractivity (Wildman–Crippen MR) is 71.9 cm³/mol. The molecule has 2 heterocycles. The molecule has 2 aromatic heterocycles. The van der Waals surface area contributed by atoms with Gasteiger partial charge in [-0.2, -0.15) is 5.10 Å². The lowest BCUT2D eigenvalue weighted by Gasteiger charge is -2.06. The van der Waals surface area contributed by atoms with Crippen LogP contribution in [0.2, 0.25) is 0 Å². The molecule has 0 amide bonds. The van der Waals surface area contributed by atoms with Gasteiger partial charge in [-0.3, -0.25) is 10.1 Å². The lowest BCUT2D eigenvalue weighted by molar-refractivity contribution is -0.384. The molecule has 20 heavy (non-hydrogen) atoms. The molecule has 3 rings (SSSR count). The van der Waals surface area contributed by atoms with Gasteiger partial charge in [-0.1, -0.05) is 0 Å². The zero-order valence-corrected chi connectivity index (χ0v) is 11.0. The maximum absolute atomic E-state index is 11.3. The smallest absolute Gasteiger partial charge is 0.355 e. The van der Waals surface area contributed by atoms with Crippen LogP contribution < -0.4 is 5.32 Å². The topological polar surface area (TPSA) is 98.8 Å². The Morgan fingerprint density at radius 1 is 1.50 bits per heavy atom. The van der Waals surface area contributed by atoms with Gasteiger partial charge in [-0.15, -0.1) is 0 Å². The average Bonchev–Trinajstić information content (AvgIpc) is 3.16. The largest absolute Gasteiger partial charge is 0.364 e. The minimum absolute atomic E-state index is 0.153. The van der Waals surface area contributed by atoms with Crippen LogP contribution in [0.25, 0.3) is 5.82 Å². The van der Waals surface area contributed by atoms with Crippen molar-refractivity contribution in [1.29, 1.82) is 0 Å². The Morgan fingerprint density at radius 3 is 2.95 bits per heavy atom. The highest BCUT2D eigenvalue weighted by Crippen LogP contribution is 2.39. The van der Waals surface area contributed by atoms with Gasteiger partial charge in [0.1, 0.15) is 6.33 Å². The lowest BCUT2D eigenvalue weighted by Crippen LogP contribution is -2.10. The van der Waals surface area contributed by atoms with Crippen molar-refractivity contribution in [1.82, 2.24) is 19.7 Å². The maximum Gasteiger partial charge on any atom is 0.355 e. The van der Waals surface area contributed by atoms with E-state index in [1.165, 1.54) is 11.0 Å². The Labute approximate surface area is 115 Å². The molecule has 1 fully saturated rings. The zero-order valence-electron chi connectivity index (χ0n) is 11.0. The second-order valence-corrected chi connectivity index (χ2v) is 4.64. The first-order valence-corrected chi connectivity index (χ1v) is 6.50. The van der Waals surface area contributed by atoms with Crippen LogP contribution in [0.5, 0.6) is 0 Å². The average molecular weight is 274 g/mol. The molecule has 0 saturated heterocycles. The molecular formula is C12H14N6O2. The summed E-state index contributed by atoms with van der Waals surface area (Å²) in [5.41, 5.74) is 0.808. The van der Waals surface area contributed by atoms with Crippen molar-refractivity contribution < 1.29 is 4.92 Å². The van der Waals surface area contributed by atoms with Crippen molar-refractivity contribution in [3.05, 3.63) is 34.4 Å². The molecule has 104 valence electrons. The Bertz CT molecular complexity index is 649. The summed E-state index contributed by atoms with van der Waals surface area (Å²) in [7, 11) is 0. The molecule has 0 aliphatic heterocycles. The van der Waals surface area contributed by atoms with E-state index in [0.29, 0.717) is 12.5 Å². The molecule has 0 aromatic carbocycles. The normalized spacial score (nSPS) is 14.2. The second-order valence-electron chi connectivity index (χ2n) is 4.64.